The van der Waals surface area contributed by atoms with Gasteiger partial charge in [0.05, 0.1) is 10.6 Å². The third kappa shape index (κ3) is 4.16. The van der Waals surface area contributed by atoms with Crippen LogP contribution in [0, 0.1) is 0 Å². The first kappa shape index (κ1) is 16.2. The van der Waals surface area contributed by atoms with Crippen LogP contribution in [0.25, 0.3) is 0 Å². The monoisotopic (exact) mass is 339 g/mol. The second-order valence-electron chi connectivity index (χ2n) is 4.24. The quantitative estimate of drug-likeness (QED) is 0.684. The van der Waals surface area contributed by atoms with Gasteiger partial charge in [0.1, 0.15) is 11.0 Å². The van der Waals surface area contributed by atoms with E-state index in [2.05, 4.69) is 15.3 Å². The van der Waals surface area contributed by atoms with Crippen molar-refractivity contribution in [2.45, 2.75) is 13.0 Å². The van der Waals surface area contributed by atoms with Gasteiger partial charge < -0.3 is 10.1 Å². The van der Waals surface area contributed by atoms with Gasteiger partial charge in [0, 0.05) is 12.4 Å². The second kappa shape index (κ2) is 7.20. The first-order chi connectivity index (χ1) is 10.5. The molecule has 22 heavy (non-hydrogen) atoms. The maximum atomic E-state index is 11.9. The number of hydrogen-bond acceptors (Lipinski definition) is 5. The smallest absolute Gasteiger partial charge is 0.342 e. The van der Waals surface area contributed by atoms with E-state index in [4.69, 9.17) is 27.9 Å². The van der Waals surface area contributed by atoms with Crippen LogP contribution in [0.4, 0.5) is 5.82 Å². The molecule has 0 radical (unpaired) electrons. The predicted molar refractivity (Wildman–Crippen MR) is 82.0 cm³/mol. The number of ether oxygens (including phenoxy) is 1. The lowest BCUT2D eigenvalue weighted by molar-refractivity contribution is -0.123. The minimum atomic E-state index is -1.03. The van der Waals surface area contributed by atoms with E-state index in [0.29, 0.717) is 10.8 Å². The first-order valence-electron chi connectivity index (χ1n) is 6.21. The molecule has 0 aromatic carbocycles. The number of carbonyl (C=O) groups is 2. The number of rotatable bonds is 4. The summed E-state index contributed by atoms with van der Waals surface area (Å²) in [5, 5.41) is 2.97. The van der Waals surface area contributed by atoms with Crippen LogP contribution in [0.3, 0.4) is 0 Å². The van der Waals surface area contributed by atoms with Gasteiger partial charge in [0.15, 0.2) is 6.10 Å². The number of nitrogens with one attached hydrogen (secondary N) is 1. The van der Waals surface area contributed by atoms with Gasteiger partial charge in [-0.3, -0.25) is 4.79 Å². The summed E-state index contributed by atoms with van der Waals surface area (Å²) in [7, 11) is 0. The summed E-state index contributed by atoms with van der Waals surface area (Å²) in [5.41, 5.74) is 0.0911. The van der Waals surface area contributed by atoms with Crippen LogP contribution in [0.15, 0.2) is 36.7 Å². The van der Waals surface area contributed by atoms with E-state index in [1.54, 1.807) is 12.1 Å². The number of nitrogens with zero attached hydrogens (tertiary/aromatic N) is 2. The molecule has 0 saturated heterocycles. The highest BCUT2D eigenvalue weighted by molar-refractivity contribution is 6.32. The fourth-order valence-corrected chi connectivity index (χ4v) is 1.80. The Bertz CT molecular complexity index is 692. The minimum absolute atomic E-state index is 0.0134. The highest BCUT2D eigenvalue weighted by atomic mass is 35.5. The molecule has 1 N–H and O–H groups in total. The van der Waals surface area contributed by atoms with E-state index in [9.17, 15) is 9.59 Å². The fraction of sp³-hybridized carbons (Fsp3) is 0.143. The van der Waals surface area contributed by atoms with E-state index in [1.165, 1.54) is 31.5 Å². The molecule has 0 aliphatic carbocycles. The van der Waals surface area contributed by atoms with Crippen LogP contribution in [-0.4, -0.2) is 27.9 Å². The predicted octanol–water partition coefficient (Wildman–Crippen LogP) is 2.97. The summed E-state index contributed by atoms with van der Waals surface area (Å²) >= 11 is 11.5. The summed E-state index contributed by atoms with van der Waals surface area (Å²) < 4.78 is 5.05. The van der Waals surface area contributed by atoms with E-state index in [-0.39, 0.29) is 10.7 Å². The molecular weight excluding hydrogens is 329 g/mol. The molecule has 2 rings (SSSR count). The maximum Gasteiger partial charge on any atom is 0.342 e. The van der Waals surface area contributed by atoms with E-state index in [0.717, 1.165) is 0 Å². The van der Waals surface area contributed by atoms with Gasteiger partial charge in [-0.2, -0.15) is 0 Å². The Balaban J connectivity index is 1.98. The van der Waals surface area contributed by atoms with Crippen molar-refractivity contribution in [1.29, 1.82) is 0 Å². The van der Waals surface area contributed by atoms with Gasteiger partial charge in [-0.1, -0.05) is 23.2 Å². The Kier molecular flexibility index (Phi) is 5.30. The molecule has 6 nitrogen and oxygen atoms in total. The molecular formula is C14H11Cl2N3O3. The zero-order valence-corrected chi connectivity index (χ0v) is 12.9. The number of pyridine rings is 2. The van der Waals surface area contributed by atoms with E-state index < -0.39 is 18.0 Å². The largest absolute Gasteiger partial charge is 0.449 e. The normalized spacial score (nSPS) is 11.6. The van der Waals surface area contributed by atoms with Crippen molar-refractivity contribution in [2.24, 2.45) is 0 Å². The molecule has 0 saturated carbocycles. The first-order valence-corrected chi connectivity index (χ1v) is 6.97. The zero-order chi connectivity index (χ0) is 16.1. The van der Waals surface area contributed by atoms with Crippen molar-refractivity contribution >= 4 is 40.9 Å². The van der Waals surface area contributed by atoms with Crippen molar-refractivity contribution in [1.82, 2.24) is 9.97 Å². The number of aromatic nitrogens is 2. The van der Waals surface area contributed by atoms with Gasteiger partial charge in [-0.25, -0.2) is 14.8 Å². The number of amides is 1. The standard InChI is InChI=1S/C14H11Cl2N3O3/c1-8(13(20)19-11-5-4-9(15)7-18-11)22-14(21)10-3-2-6-17-12(10)16/h2-8H,1H3,(H,18,19,20)/t8-/m0/s1. The van der Waals surface area contributed by atoms with Crippen LogP contribution in [0.1, 0.15) is 17.3 Å². The average Bonchev–Trinajstić information content (AvgIpc) is 2.49. The van der Waals surface area contributed by atoms with Gasteiger partial charge in [-0.15, -0.1) is 0 Å². The second-order valence-corrected chi connectivity index (χ2v) is 5.03. The van der Waals surface area contributed by atoms with Gasteiger partial charge >= 0.3 is 5.97 Å². The number of esters is 1. The van der Waals surface area contributed by atoms with Gasteiger partial charge in [-0.05, 0) is 31.2 Å². The van der Waals surface area contributed by atoms with Crippen LogP contribution >= 0.6 is 23.2 Å². The van der Waals surface area contributed by atoms with E-state index >= 15 is 0 Å². The molecule has 0 bridgehead atoms. The van der Waals surface area contributed by atoms with Crippen molar-refractivity contribution < 1.29 is 14.3 Å². The molecule has 0 fully saturated rings. The van der Waals surface area contributed by atoms with Crippen molar-refractivity contribution in [2.75, 3.05) is 5.32 Å². The molecule has 0 spiro atoms. The Hall–Kier alpha value is -2.18. The summed E-state index contributed by atoms with van der Waals surface area (Å²) in [6, 6.07) is 6.12. The third-order valence-electron chi connectivity index (χ3n) is 2.61. The Morgan fingerprint density at radius 2 is 2.00 bits per heavy atom. The zero-order valence-electron chi connectivity index (χ0n) is 11.4. The molecule has 2 aromatic heterocycles. The van der Waals surface area contributed by atoms with Crippen molar-refractivity contribution in [3.05, 3.63) is 52.4 Å². The van der Waals surface area contributed by atoms with Gasteiger partial charge in [0.25, 0.3) is 5.91 Å². The number of halogens is 2. The molecule has 0 unspecified atom stereocenters. The minimum Gasteiger partial charge on any atom is -0.449 e. The SMILES string of the molecule is C[C@H](OC(=O)c1cccnc1Cl)C(=O)Nc1ccc(Cl)cn1. The molecule has 1 atom stereocenters. The number of hydrogen-bond donors (Lipinski definition) is 1. The molecule has 8 heteroatoms. The topological polar surface area (TPSA) is 81.2 Å². The van der Waals surface area contributed by atoms with Gasteiger partial charge in [0.2, 0.25) is 0 Å². The molecule has 0 aliphatic rings. The van der Waals surface area contributed by atoms with Crippen molar-refractivity contribution in [3.63, 3.8) is 0 Å². The van der Waals surface area contributed by atoms with Crippen LogP contribution in [-0.2, 0) is 9.53 Å². The number of anilines is 1. The summed E-state index contributed by atoms with van der Waals surface area (Å²) in [6.45, 7) is 1.44. The lowest BCUT2D eigenvalue weighted by Gasteiger charge is -2.13. The lowest BCUT2D eigenvalue weighted by Crippen LogP contribution is -2.30. The molecule has 2 aromatic rings. The Morgan fingerprint density at radius 3 is 2.64 bits per heavy atom. The molecule has 2 heterocycles. The molecule has 114 valence electrons. The third-order valence-corrected chi connectivity index (χ3v) is 3.14. The van der Waals surface area contributed by atoms with Crippen LogP contribution < -0.4 is 5.32 Å². The van der Waals surface area contributed by atoms with Crippen LogP contribution in [0.5, 0.6) is 0 Å². The fourth-order valence-electron chi connectivity index (χ4n) is 1.49. The highest BCUT2D eigenvalue weighted by Gasteiger charge is 2.21. The summed E-state index contributed by atoms with van der Waals surface area (Å²) in [4.78, 5) is 31.5. The number of carbonyl (C=O) groups excluding carboxylic acids is 2. The molecule has 0 aliphatic heterocycles. The summed E-state index contributed by atoms with van der Waals surface area (Å²) in [6.07, 6.45) is 1.81. The average molecular weight is 340 g/mol. The summed E-state index contributed by atoms with van der Waals surface area (Å²) in [5.74, 6) is -0.954. The van der Waals surface area contributed by atoms with E-state index in [1.807, 2.05) is 0 Å². The Morgan fingerprint density at radius 1 is 1.23 bits per heavy atom. The molecule has 1 amide bonds. The lowest BCUT2D eigenvalue weighted by atomic mass is 10.3. The highest BCUT2D eigenvalue weighted by Crippen LogP contribution is 2.14. The Labute approximate surface area is 136 Å². The van der Waals surface area contributed by atoms with Crippen molar-refractivity contribution in [3.8, 4) is 0 Å². The maximum absolute atomic E-state index is 11.9. The van der Waals surface area contributed by atoms with Crippen LogP contribution in [0.2, 0.25) is 10.2 Å².